The van der Waals surface area contributed by atoms with Crippen molar-refractivity contribution >= 4 is 11.4 Å². The van der Waals surface area contributed by atoms with Gasteiger partial charge in [0, 0.05) is 30.5 Å². The lowest BCUT2D eigenvalue weighted by Gasteiger charge is -2.36. The van der Waals surface area contributed by atoms with Gasteiger partial charge in [-0.1, -0.05) is 20.3 Å². The van der Waals surface area contributed by atoms with Crippen LogP contribution in [0.15, 0.2) is 18.2 Å². The van der Waals surface area contributed by atoms with Crippen LogP contribution < -0.4 is 10.2 Å². The smallest absolute Gasteiger partial charge is 0.0373 e. The van der Waals surface area contributed by atoms with Gasteiger partial charge in [-0.05, 0) is 68.2 Å². The van der Waals surface area contributed by atoms with Crippen LogP contribution in [-0.4, -0.2) is 19.1 Å². The number of benzene rings is 1. The second-order valence-electron chi connectivity index (χ2n) is 7.80. The van der Waals surface area contributed by atoms with Crippen LogP contribution in [0, 0.1) is 12.3 Å². The third-order valence-electron chi connectivity index (χ3n) is 5.25. The Balaban J connectivity index is 1.68. The molecule has 1 aromatic rings. The van der Waals surface area contributed by atoms with E-state index in [-0.39, 0.29) is 0 Å². The molecule has 2 fully saturated rings. The first kappa shape index (κ1) is 14.7. The summed E-state index contributed by atoms with van der Waals surface area (Å²) >= 11 is 0. The maximum Gasteiger partial charge on any atom is 0.0373 e. The van der Waals surface area contributed by atoms with E-state index in [0.717, 1.165) is 0 Å². The molecule has 1 saturated heterocycles. The van der Waals surface area contributed by atoms with E-state index in [1.807, 2.05) is 0 Å². The monoisotopic (exact) mass is 286 g/mol. The van der Waals surface area contributed by atoms with E-state index >= 15 is 0 Å². The first-order valence-corrected chi connectivity index (χ1v) is 8.66. The van der Waals surface area contributed by atoms with Gasteiger partial charge in [-0.3, -0.25) is 0 Å². The highest BCUT2D eigenvalue weighted by Gasteiger charge is 2.28. The maximum atomic E-state index is 3.80. The summed E-state index contributed by atoms with van der Waals surface area (Å²) in [5, 5.41) is 3.80. The molecule has 0 aromatic heterocycles. The predicted molar refractivity (Wildman–Crippen MR) is 92.3 cm³/mol. The molecule has 0 spiro atoms. The highest BCUT2D eigenvalue weighted by molar-refractivity contribution is 5.61. The van der Waals surface area contributed by atoms with Crippen molar-refractivity contribution < 1.29 is 0 Å². The molecule has 116 valence electrons. The molecule has 2 nitrogen and oxygen atoms in total. The van der Waals surface area contributed by atoms with Crippen LogP contribution in [-0.2, 0) is 0 Å². The number of aryl methyl sites for hydroxylation is 1. The topological polar surface area (TPSA) is 15.3 Å². The van der Waals surface area contributed by atoms with Crippen LogP contribution in [0.25, 0.3) is 0 Å². The molecule has 21 heavy (non-hydrogen) atoms. The van der Waals surface area contributed by atoms with Gasteiger partial charge in [0.2, 0.25) is 0 Å². The van der Waals surface area contributed by atoms with Gasteiger partial charge in [-0.2, -0.15) is 0 Å². The van der Waals surface area contributed by atoms with Crippen molar-refractivity contribution in [3.05, 3.63) is 23.8 Å². The quantitative estimate of drug-likeness (QED) is 0.843. The van der Waals surface area contributed by atoms with Gasteiger partial charge in [0.25, 0.3) is 0 Å². The van der Waals surface area contributed by atoms with Gasteiger partial charge in [0.15, 0.2) is 0 Å². The van der Waals surface area contributed by atoms with E-state index in [4.69, 9.17) is 0 Å². The zero-order valence-corrected chi connectivity index (χ0v) is 13.9. The molecule has 1 unspecified atom stereocenters. The standard InChI is InChI=1S/C19H30N2/c1-15-13-17(21-11-4-5-12-21)8-9-18(15)20-16-7-6-10-19(2,3)14-16/h8-9,13,16,20H,4-7,10-12,14H2,1-3H3. The fourth-order valence-corrected chi connectivity index (χ4v) is 4.02. The van der Waals surface area contributed by atoms with Crippen LogP contribution >= 0.6 is 0 Å². The number of anilines is 2. The molecule has 2 aliphatic rings. The summed E-state index contributed by atoms with van der Waals surface area (Å²) in [6.07, 6.45) is 8.02. The van der Waals surface area contributed by atoms with Gasteiger partial charge in [-0.15, -0.1) is 0 Å². The van der Waals surface area contributed by atoms with Gasteiger partial charge in [0.1, 0.15) is 0 Å². The van der Waals surface area contributed by atoms with Crippen molar-refractivity contribution in [3.8, 4) is 0 Å². The summed E-state index contributed by atoms with van der Waals surface area (Å²) in [6.45, 7) is 9.51. The molecule has 1 aliphatic carbocycles. The predicted octanol–water partition coefficient (Wildman–Crippen LogP) is 4.98. The molecule has 1 saturated carbocycles. The van der Waals surface area contributed by atoms with Crippen molar-refractivity contribution in [2.75, 3.05) is 23.3 Å². The van der Waals surface area contributed by atoms with Crippen LogP contribution in [0.4, 0.5) is 11.4 Å². The summed E-state index contributed by atoms with van der Waals surface area (Å²) in [5.41, 5.74) is 4.63. The average Bonchev–Trinajstić information content (AvgIpc) is 2.94. The van der Waals surface area contributed by atoms with Crippen LogP contribution in [0.2, 0.25) is 0 Å². The molecule has 2 heteroatoms. The van der Waals surface area contributed by atoms with Gasteiger partial charge >= 0.3 is 0 Å². The lowest BCUT2D eigenvalue weighted by molar-refractivity contribution is 0.229. The summed E-state index contributed by atoms with van der Waals surface area (Å²) in [5.74, 6) is 0. The Hall–Kier alpha value is -1.18. The molecular formula is C19H30N2. The van der Waals surface area contributed by atoms with Gasteiger partial charge < -0.3 is 10.2 Å². The molecule has 1 N–H and O–H groups in total. The largest absolute Gasteiger partial charge is 0.382 e. The molecule has 1 aromatic carbocycles. The Morgan fingerprint density at radius 1 is 1.14 bits per heavy atom. The fourth-order valence-electron chi connectivity index (χ4n) is 4.02. The third-order valence-corrected chi connectivity index (χ3v) is 5.25. The molecular weight excluding hydrogens is 256 g/mol. The van der Waals surface area contributed by atoms with Gasteiger partial charge in [-0.25, -0.2) is 0 Å². The van der Waals surface area contributed by atoms with E-state index in [9.17, 15) is 0 Å². The number of hydrogen-bond donors (Lipinski definition) is 1. The average molecular weight is 286 g/mol. The van der Waals surface area contributed by atoms with Crippen molar-refractivity contribution in [1.82, 2.24) is 0 Å². The number of nitrogens with zero attached hydrogens (tertiary/aromatic N) is 1. The Morgan fingerprint density at radius 3 is 2.57 bits per heavy atom. The summed E-state index contributed by atoms with van der Waals surface area (Å²) in [4.78, 5) is 2.51. The highest BCUT2D eigenvalue weighted by Crippen LogP contribution is 2.37. The minimum absolute atomic E-state index is 0.499. The fraction of sp³-hybridized carbons (Fsp3) is 0.684. The molecule has 0 bridgehead atoms. The zero-order valence-electron chi connectivity index (χ0n) is 13.9. The lowest BCUT2D eigenvalue weighted by atomic mass is 9.75. The van der Waals surface area contributed by atoms with Crippen molar-refractivity contribution in [3.63, 3.8) is 0 Å². The second kappa shape index (κ2) is 5.90. The molecule has 3 rings (SSSR count). The third kappa shape index (κ3) is 3.53. The Labute approximate surface area is 129 Å². The lowest BCUT2D eigenvalue weighted by Crippen LogP contribution is -2.32. The van der Waals surface area contributed by atoms with E-state index in [1.165, 1.54) is 68.6 Å². The van der Waals surface area contributed by atoms with Crippen LogP contribution in [0.5, 0.6) is 0 Å². The maximum absolute atomic E-state index is 3.80. The van der Waals surface area contributed by atoms with E-state index in [2.05, 4.69) is 49.2 Å². The zero-order chi connectivity index (χ0) is 14.9. The van der Waals surface area contributed by atoms with Crippen LogP contribution in [0.1, 0.15) is 57.9 Å². The highest BCUT2D eigenvalue weighted by atomic mass is 15.1. The Bertz CT molecular complexity index is 486. The first-order valence-electron chi connectivity index (χ1n) is 8.66. The Morgan fingerprint density at radius 2 is 1.90 bits per heavy atom. The first-order chi connectivity index (χ1) is 10.0. The second-order valence-corrected chi connectivity index (χ2v) is 7.80. The van der Waals surface area contributed by atoms with E-state index < -0.39 is 0 Å². The normalized spacial score (nSPS) is 25.1. The molecule has 0 amide bonds. The molecule has 1 aliphatic heterocycles. The SMILES string of the molecule is Cc1cc(N2CCCC2)ccc1NC1CCCC(C)(C)C1. The van der Waals surface area contributed by atoms with E-state index in [1.54, 1.807) is 0 Å². The number of nitrogens with one attached hydrogen (secondary N) is 1. The Kier molecular flexibility index (Phi) is 4.14. The van der Waals surface area contributed by atoms with Crippen molar-refractivity contribution in [2.45, 2.75) is 65.3 Å². The minimum atomic E-state index is 0.499. The molecule has 1 heterocycles. The van der Waals surface area contributed by atoms with Crippen molar-refractivity contribution in [2.24, 2.45) is 5.41 Å². The molecule has 0 radical (unpaired) electrons. The van der Waals surface area contributed by atoms with E-state index in [0.29, 0.717) is 11.5 Å². The van der Waals surface area contributed by atoms with Crippen LogP contribution in [0.3, 0.4) is 0 Å². The summed E-state index contributed by atoms with van der Waals surface area (Å²) in [7, 11) is 0. The number of rotatable bonds is 3. The van der Waals surface area contributed by atoms with Crippen molar-refractivity contribution in [1.29, 1.82) is 0 Å². The number of hydrogen-bond acceptors (Lipinski definition) is 2. The summed E-state index contributed by atoms with van der Waals surface area (Å²) in [6, 6.07) is 7.60. The minimum Gasteiger partial charge on any atom is -0.382 e. The molecule has 1 atom stereocenters. The summed E-state index contributed by atoms with van der Waals surface area (Å²) < 4.78 is 0. The van der Waals surface area contributed by atoms with Gasteiger partial charge in [0.05, 0.1) is 0 Å².